The van der Waals surface area contributed by atoms with Crippen molar-refractivity contribution < 1.29 is 0 Å². The molecular weight excluding hydrogens is 242 g/mol. The van der Waals surface area contributed by atoms with Crippen LogP contribution in [0.1, 0.15) is 11.1 Å². The highest BCUT2D eigenvalue weighted by Crippen LogP contribution is 2.15. The van der Waals surface area contributed by atoms with E-state index in [9.17, 15) is 9.59 Å². The van der Waals surface area contributed by atoms with Crippen LogP contribution in [0.5, 0.6) is 0 Å². The van der Waals surface area contributed by atoms with Crippen LogP contribution in [0, 0.1) is 0 Å². The van der Waals surface area contributed by atoms with Crippen LogP contribution in [-0.4, -0.2) is 14.1 Å². The van der Waals surface area contributed by atoms with Crippen molar-refractivity contribution in [2.24, 2.45) is 0 Å². The van der Waals surface area contributed by atoms with Crippen LogP contribution < -0.4 is 26.8 Å². The molecule has 2 aromatic rings. The topological polar surface area (TPSA) is 70.2 Å². The second kappa shape index (κ2) is 5.67. The Kier molecular flexibility index (Phi) is 3.97. The molecule has 0 aromatic heterocycles. The van der Waals surface area contributed by atoms with E-state index >= 15 is 0 Å². The summed E-state index contributed by atoms with van der Waals surface area (Å²) in [5.41, 5.74) is 2.11. The number of rotatable bonds is 6. The minimum absolute atomic E-state index is 0.372. The van der Waals surface area contributed by atoms with Crippen molar-refractivity contribution in [1.29, 1.82) is 0 Å². The molecule has 0 aliphatic heterocycles. The summed E-state index contributed by atoms with van der Waals surface area (Å²) in [5, 5.41) is 8.84. The lowest BCUT2D eigenvalue weighted by molar-refractivity contribution is 0.816. The van der Waals surface area contributed by atoms with Gasteiger partial charge in [-0.1, -0.05) is 24.3 Å². The van der Waals surface area contributed by atoms with Crippen LogP contribution in [-0.2, 0) is 13.1 Å². The summed E-state index contributed by atoms with van der Waals surface area (Å²) in [5.74, 6) is 0. The van der Waals surface area contributed by atoms with Gasteiger partial charge in [-0.05, 0) is 18.2 Å². The van der Waals surface area contributed by atoms with Gasteiger partial charge in [-0.2, -0.15) is 0 Å². The van der Waals surface area contributed by atoms with Gasteiger partial charge in [0, 0.05) is 20.1 Å². The molecule has 0 saturated carbocycles. The van der Waals surface area contributed by atoms with E-state index in [0.717, 1.165) is 12.1 Å². The second-order valence-electron chi connectivity index (χ2n) is 4.36. The molecule has 0 bridgehead atoms. The molecule has 0 spiro atoms. The fourth-order valence-corrected chi connectivity index (χ4v) is 2.04. The van der Waals surface area contributed by atoms with Gasteiger partial charge >= 0.3 is 0 Å². The molecule has 0 radical (unpaired) electrons. The lowest BCUT2D eigenvalue weighted by Gasteiger charge is -2.13. The Morgan fingerprint density at radius 1 is 0.947 bits per heavy atom. The van der Waals surface area contributed by atoms with Gasteiger partial charge in [0.05, 0.1) is 0 Å². The van der Waals surface area contributed by atoms with E-state index in [1.165, 1.54) is 5.56 Å². The number of hydrogen-bond acceptors (Lipinski definition) is 5. The van der Waals surface area contributed by atoms with E-state index in [2.05, 4.69) is 22.0 Å². The lowest BCUT2D eigenvalue weighted by atomic mass is 10.1. The van der Waals surface area contributed by atoms with Gasteiger partial charge in [0.15, 0.2) is 0 Å². The van der Waals surface area contributed by atoms with E-state index in [1.54, 1.807) is 7.05 Å². The molecule has 0 amide bonds. The van der Waals surface area contributed by atoms with Crippen LogP contribution in [0.15, 0.2) is 33.9 Å². The Labute approximate surface area is 111 Å². The van der Waals surface area contributed by atoms with Crippen LogP contribution in [0.4, 0.5) is 11.4 Å². The van der Waals surface area contributed by atoms with E-state index in [-0.39, 0.29) is 0 Å². The molecule has 0 aliphatic rings. The summed E-state index contributed by atoms with van der Waals surface area (Å²) >= 11 is 0. The lowest BCUT2D eigenvalue weighted by Crippen LogP contribution is -2.36. The zero-order valence-corrected chi connectivity index (χ0v) is 11.0. The predicted molar refractivity (Wildman–Crippen MR) is 77.4 cm³/mol. The van der Waals surface area contributed by atoms with Gasteiger partial charge in [-0.25, -0.2) is 0 Å². The minimum atomic E-state index is -0.450. The summed E-state index contributed by atoms with van der Waals surface area (Å²) in [6.07, 6.45) is 0. The third kappa shape index (κ3) is 2.66. The summed E-state index contributed by atoms with van der Waals surface area (Å²) in [6, 6.07) is 8.06. The zero-order valence-electron chi connectivity index (χ0n) is 11.0. The molecule has 0 aliphatic carbocycles. The molecule has 0 atom stereocenters. The SMILES string of the molecule is CNCc1cccc(CNc2c(NC)c(=O)c2=O)c1. The highest BCUT2D eigenvalue weighted by molar-refractivity contribution is 5.73. The van der Waals surface area contributed by atoms with Crippen molar-refractivity contribution in [2.45, 2.75) is 13.1 Å². The van der Waals surface area contributed by atoms with Crippen LogP contribution in [0.3, 0.4) is 0 Å². The molecule has 0 unspecified atom stereocenters. The summed E-state index contributed by atoms with van der Waals surface area (Å²) in [4.78, 5) is 22.6. The number of nitrogens with one attached hydrogen (secondary N) is 3. The first-order chi connectivity index (χ1) is 9.17. The molecule has 0 fully saturated rings. The zero-order chi connectivity index (χ0) is 13.8. The van der Waals surface area contributed by atoms with Crippen molar-refractivity contribution in [3.63, 3.8) is 0 Å². The monoisotopic (exact) mass is 259 g/mol. The Bertz CT molecular complexity index is 642. The molecule has 100 valence electrons. The smallest absolute Gasteiger partial charge is 0.253 e. The summed E-state index contributed by atoms with van der Waals surface area (Å²) in [6.45, 7) is 1.33. The maximum Gasteiger partial charge on any atom is 0.253 e. The Balaban J connectivity index is 2.06. The highest BCUT2D eigenvalue weighted by atomic mass is 16.2. The van der Waals surface area contributed by atoms with Gasteiger partial charge in [0.1, 0.15) is 11.4 Å². The maximum absolute atomic E-state index is 11.4. The van der Waals surface area contributed by atoms with Crippen LogP contribution in [0.25, 0.3) is 0 Å². The Morgan fingerprint density at radius 3 is 2.21 bits per heavy atom. The average molecular weight is 259 g/mol. The minimum Gasteiger partial charge on any atom is -0.383 e. The Morgan fingerprint density at radius 2 is 1.58 bits per heavy atom. The van der Waals surface area contributed by atoms with Crippen molar-refractivity contribution in [3.8, 4) is 0 Å². The number of anilines is 2. The maximum atomic E-state index is 11.4. The van der Waals surface area contributed by atoms with E-state index in [1.807, 2.05) is 25.2 Å². The first-order valence-electron chi connectivity index (χ1n) is 6.14. The molecule has 3 N–H and O–H groups in total. The molecule has 0 saturated heterocycles. The highest BCUT2D eigenvalue weighted by Gasteiger charge is 2.18. The predicted octanol–water partition coefficient (Wildman–Crippen LogP) is 0.656. The van der Waals surface area contributed by atoms with Crippen molar-refractivity contribution >= 4 is 11.4 Å². The fourth-order valence-electron chi connectivity index (χ4n) is 2.04. The van der Waals surface area contributed by atoms with Crippen molar-refractivity contribution in [2.75, 3.05) is 24.7 Å². The second-order valence-corrected chi connectivity index (χ2v) is 4.36. The normalized spacial score (nSPS) is 10.6. The van der Waals surface area contributed by atoms with Crippen LogP contribution >= 0.6 is 0 Å². The van der Waals surface area contributed by atoms with E-state index in [0.29, 0.717) is 17.9 Å². The molecule has 2 rings (SSSR count). The van der Waals surface area contributed by atoms with E-state index in [4.69, 9.17) is 0 Å². The fraction of sp³-hybridized carbons (Fsp3) is 0.286. The van der Waals surface area contributed by atoms with Gasteiger partial charge in [0.2, 0.25) is 0 Å². The third-order valence-electron chi connectivity index (χ3n) is 3.00. The average Bonchev–Trinajstić information content (AvgIpc) is 2.43. The molecular formula is C14H17N3O2. The number of hydrogen-bond donors (Lipinski definition) is 3. The van der Waals surface area contributed by atoms with Crippen molar-refractivity contribution in [1.82, 2.24) is 5.32 Å². The standard InChI is InChI=1S/C14H17N3O2/c1-15-7-9-4-3-5-10(6-9)8-17-12-11(16-2)13(18)14(12)19/h3-6,15-17H,7-8H2,1-2H3. The molecule has 19 heavy (non-hydrogen) atoms. The largest absolute Gasteiger partial charge is 0.383 e. The molecule has 2 aromatic carbocycles. The van der Waals surface area contributed by atoms with Gasteiger partial charge in [0.25, 0.3) is 10.9 Å². The quantitative estimate of drug-likeness (QED) is 0.665. The molecule has 5 nitrogen and oxygen atoms in total. The first-order valence-corrected chi connectivity index (χ1v) is 6.14. The van der Waals surface area contributed by atoms with Gasteiger partial charge in [-0.15, -0.1) is 0 Å². The first kappa shape index (κ1) is 13.3. The third-order valence-corrected chi connectivity index (χ3v) is 3.00. The van der Waals surface area contributed by atoms with Gasteiger partial charge < -0.3 is 16.0 Å². The van der Waals surface area contributed by atoms with Crippen LogP contribution in [0.2, 0.25) is 0 Å². The summed E-state index contributed by atoms with van der Waals surface area (Å²) < 4.78 is 0. The van der Waals surface area contributed by atoms with Gasteiger partial charge in [-0.3, -0.25) is 9.59 Å². The molecule has 0 heterocycles. The van der Waals surface area contributed by atoms with Crippen molar-refractivity contribution in [3.05, 3.63) is 55.8 Å². The number of benzene rings is 1. The molecule has 5 heteroatoms. The summed E-state index contributed by atoms with van der Waals surface area (Å²) in [7, 11) is 3.53. The Hall–Kier alpha value is -2.14. The van der Waals surface area contributed by atoms with E-state index < -0.39 is 10.9 Å².